The average Bonchev–Trinajstić information content (AvgIpc) is 3.26. The fraction of sp³-hybridized carbons (Fsp3) is 0.355. The van der Waals surface area contributed by atoms with Crippen LogP contribution in [0.2, 0.25) is 0 Å². The van der Waals surface area contributed by atoms with Gasteiger partial charge in [0.2, 0.25) is 0 Å². The number of aliphatic hydroxyl groups is 1. The molecule has 44 heavy (non-hydrogen) atoms. The van der Waals surface area contributed by atoms with Crippen molar-refractivity contribution in [2.24, 2.45) is 5.10 Å². The Kier molecular flexibility index (Phi) is 10.5. The van der Waals surface area contributed by atoms with E-state index >= 15 is 0 Å². The van der Waals surface area contributed by atoms with Crippen LogP contribution in [0.15, 0.2) is 58.8 Å². The standard InChI is InChI=1S/C31H37N5O8/c1-6-42-25-14-20(29-28(30(39)41-5)18(3)33-31(40)34-29)12-13-24(25)44-17-26(37)35-32-15-22-19(4)36(16-27(38)43-7-2)23-11-9-8-10-21(22)23/h8-15,26,29,35,37H,6-7,16-17H2,1-5H3,(H2,33,34,40)/b32-15+/t26-,29-/m0/s1. The summed E-state index contributed by atoms with van der Waals surface area (Å²) in [7, 11) is 1.27. The van der Waals surface area contributed by atoms with Crippen molar-refractivity contribution in [2.75, 3.05) is 26.9 Å². The van der Waals surface area contributed by atoms with Crippen LogP contribution in [-0.2, 0) is 25.6 Å². The molecule has 0 bridgehead atoms. The Morgan fingerprint density at radius 1 is 1.11 bits per heavy atom. The molecule has 234 valence electrons. The third-order valence-electron chi connectivity index (χ3n) is 6.96. The molecule has 0 saturated carbocycles. The minimum atomic E-state index is -1.17. The maximum Gasteiger partial charge on any atom is 0.337 e. The van der Waals surface area contributed by atoms with Crippen LogP contribution in [0.25, 0.3) is 10.9 Å². The number of nitrogens with zero attached hydrogens (tertiary/aromatic N) is 2. The third kappa shape index (κ3) is 7.11. The summed E-state index contributed by atoms with van der Waals surface area (Å²) in [5.74, 6) is -0.202. The van der Waals surface area contributed by atoms with Crippen molar-refractivity contribution in [3.05, 3.63) is 70.6 Å². The first-order chi connectivity index (χ1) is 21.2. The van der Waals surface area contributed by atoms with E-state index in [1.165, 1.54) is 7.11 Å². The Labute approximate surface area is 254 Å². The predicted molar refractivity (Wildman–Crippen MR) is 162 cm³/mol. The lowest BCUT2D eigenvalue weighted by atomic mass is 9.95. The van der Waals surface area contributed by atoms with E-state index in [1.54, 1.807) is 38.3 Å². The number of amides is 2. The monoisotopic (exact) mass is 607 g/mol. The van der Waals surface area contributed by atoms with Crippen molar-refractivity contribution >= 4 is 35.1 Å². The maximum absolute atomic E-state index is 12.5. The minimum absolute atomic E-state index is 0.0722. The first-order valence-corrected chi connectivity index (χ1v) is 14.1. The number of para-hydroxylation sites is 1. The summed E-state index contributed by atoms with van der Waals surface area (Å²) in [6.45, 7) is 7.61. The second-order valence-corrected chi connectivity index (χ2v) is 9.82. The third-order valence-corrected chi connectivity index (χ3v) is 6.96. The van der Waals surface area contributed by atoms with E-state index in [0.29, 0.717) is 36.0 Å². The van der Waals surface area contributed by atoms with E-state index in [-0.39, 0.29) is 24.7 Å². The Bertz CT molecular complexity index is 1600. The molecule has 1 aliphatic rings. The number of fused-ring (bicyclic) bond motifs is 1. The van der Waals surface area contributed by atoms with Gasteiger partial charge >= 0.3 is 18.0 Å². The van der Waals surface area contributed by atoms with Crippen molar-refractivity contribution in [1.29, 1.82) is 0 Å². The van der Waals surface area contributed by atoms with Gasteiger partial charge in [-0.1, -0.05) is 24.3 Å². The molecular formula is C31H37N5O8. The first kappa shape index (κ1) is 31.9. The zero-order valence-electron chi connectivity index (χ0n) is 25.3. The smallest absolute Gasteiger partial charge is 0.337 e. The second-order valence-electron chi connectivity index (χ2n) is 9.82. The summed E-state index contributed by atoms with van der Waals surface area (Å²) in [6.07, 6.45) is 0.416. The molecule has 3 aromatic rings. The summed E-state index contributed by atoms with van der Waals surface area (Å²) < 4.78 is 23.5. The van der Waals surface area contributed by atoms with Gasteiger partial charge in [-0.05, 0) is 51.5 Å². The fourth-order valence-corrected chi connectivity index (χ4v) is 4.97. The van der Waals surface area contributed by atoms with Gasteiger partial charge in [-0.15, -0.1) is 0 Å². The van der Waals surface area contributed by atoms with E-state index in [2.05, 4.69) is 21.2 Å². The van der Waals surface area contributed by atoms with Gasteiger partial charge in [0.15, 0.2) is 17.7 Å². The second kappa shape index (κ2) is 14.4. The van der Waals surface area contributed by atoms with Crippen LogP contribution < -0.4 is 25.5 Å². The van der Waals surface area contributed by atoms with E-state index in [1.807, 2.05) is 42.7 Å². The Morgan fingerprint density at radius 3 is 2.61 bits per heavy atom. The SMILES string of the molecule is CCOC(=O)Cn1c(C)c(/C=N/N[C@@H](O)COc2ccc([C@@H]3NC(=O)NC(C)=C3C(=O)OC)cc2OCC)c2ccccc21. The molecule has 2 heterocycles. The van der Waals surface area contributed by atoms with Crippen molar-refractivity contribution in [1.82, 2.24) is 20.6 Å². The van der Waals surface area contributed by atoms with Crippen molar-refractivity contribution in [3.63, 3.8) is 0 Å². The van der Waals surface area contributed by atoms with Crippen LogP contribution >= 0.6 is 0 Å². The number of nitrogens with one attached hydrogen (secondary N) is 3. The van der Waals surface area contributed by atoms with Crippen LogP contribution in [0.1, 0.15) is 43.6 Å². The van der Waals surface area contributed by atoms with Crippen molar-refractivity contribution in [3.8, 4) is 11.5 Å². The van der Waals surface area contributed by atoms with Gasteiger partial charge in [0.25, 0.3) is 0 Å². The minimum Gasteiger partial charge on any atom is -0.490 e. The van der Waals surface area contributed by atoms with Crippen molar-refractivity contribution in [2.45, 2.75) is 46.5 Å². The summed E-state index contributed by atoms with van der Waals surface area (Å²) in [6, 6.07) is 11.4. The molecule has 0 aliphatic carbocycles. The molecule has 2 atom stereocenters. The van der Waals surface area contributed by atoms with Crippen LogP contribution in [0, 0.1) is 6.92 Å². The lowest BCUT2D eigenvalue weighted by Crippen LogP contribution is -2.45. The van der Waals surface area contributed by atoms with E-state index in [4.69, 9.17) is 18.9 Å². The fourth-order valence-electron chi connectivity index (χ4n) is 4.97. The van der Waals surface area contributed by atoms with Crippen LogP contribution in [-0.4, -0.2) is 67.0 Å². The molecule has 1 aliphatic heterocycles. The molecule has 2 amide bonds. The highest BCUT2D eigenvalue weighted by Gasteiger charge is 2.32. The van der Waals surface area contributed by atoms with Crippen LogP contribution in [0.3, 0.4) is 0 Å². The van der Waals surface area contributed by atoms with E-state index in [9.17, 15) is 19.5 Å². The van der Waals surface area contributed by atoms with Gasteiger partial charge in [-0.2, -0.15) is 5.10 Å². The number of aliphatic hydroxyl groups excluding tert-OH is 1. The molecular weight excluding hydrogens is 570 g/mol. The van der Waals surface area contributed by atoms with Gasteiger partial charge < -0.3 is 39.3 Å². The molecule has 0 spiro atoms. The number of urea groups is 1. The van der Waals surface area contributed by atoms with Crippen molar-refractivity contribution < 1.29 is 38.4 Å². The molecule has 0 saturated heterocycles. The Hall–Kier alpha value is -5.04. The number of benzene rings is 2. The lowest BCUT2D eigenvalue weighted by molar-refractivity contribution is -0.143. The highest BCUT2D eigenvalue weighted by molar-refractivity contribution is 6.01. The quantitative estimate of drug-likeness (QED) is 0.0991. The molecule has 13 heteroatoms. The Morgan fingerprint density at radius 2 is 1.89 bits per heavy atom. The molecule has 0 radical (unpaired) electrons. The van der Waals surface area contributed by atoms with Crippen LogP contribution in [0.5, 0.6) is 11.5 Å². The highest BCUT2D eigenvalue weighted by atomic mass is 16.5. The molecule has 4 rings (SSSR count). The lowest BCUT2D eigenvalue weighted by Gasteiger charge is -2.28. The Balaban J connectivity index is 1.46. The molecule has 13 nitrogen and oxygen atoms in total. The van der Waals surface area contributed by atoms with Crippen LogP contribution in [0.4, 0.5) is 4.79 Å². The average molecular weight is 608 g/mol. The highest BCUT2D eigenvalue weighted by Crippen LogP contribution is 2.35. The topological polar surface area (TPSA) is 162 Å². The van der Waals surface area contributed by atoms with Gasteiger partial charge in [-0.3, -0.25) is 10.2 Å². The number of hydrogen-bond donors (Lipinski definition) is 4. The van der Waals surface area contributed by atoms with Gasteiger partial charge in [0.1, 0.15) is 13.2 Å². The molecule has 0 unspecified atom stereocenters. The summed E-state index contributed by atoms with van der Waals surface area (Å²) in [5, 5.41) is 21.0. The number of rotatable bonds is 13. The zero-order valence-corrected chi connectivity index (χ0v) is 25.3. The number of allylic oxidation sites excluding steroid dienone is 1. The number of carbonyl (C=O) groups is 3. The largest absolute Gasteiger partial charge is 0.490 e. The molecule has 2 aromatic carbocycles. The summed E-state index contributed by atoms with van der Waals surface area (Å²) >= 11 is 0. The van der Waals surface area contributed by atoms with E-state index in [0.717, 1.165) is 22.2 Å². The van der Waals surface area contributed by atoms with Gasteiger partial charge in [0, 0.05) is 27.9 Å². The summed E-state index contributed by atoms with van der Waals surface area (Å²) in [4.78, 5) is 36.8. The number of hydrazone groups is 1. The summed E-state index contributed by atoms with van der Waals surface area (Å²) in [5.41, 5.74) is 6.37. The number of ether oxygens (including phenoxy) is 4. The number of aromatic nitrogens is 1. The maximum atomic E-state index is 12.5. The first-order valence-electron chi connectivity index (χ1n) is 14.1. The van der Waals surface area contributed by atoms with Gasteiger partial charge in [-0.25, -0.2) is 9.59 Å². The van der Waals surface area contributed by atoms with Gasteiger partial charge in [0.05, 0.1) is 38.2 Å². The van der Waals surface area contributed by atoms with E-state index < -0.39 is 24.3 Å². The number of carbonyl (C=O) groups excluding carboxylic acids is 3. The molecule has 0 fully saturated rings. The normalized spacial score (nSPS) is 15.5. The zero-order chi connectivity index (χ0) is 31.8. The molecule has 1 aromatic heterocycles. The predicted octanol–water partition coefficient (Wildman–Crippen LogP) is 3.03. The number of hydrogen-bond acceptors (Lipinski definition) is 10. The number of methoxy groups -OCH3 is 1. The molecule has 4 N–H and O–H groups in total. The number of esters is 2.